The van der Waals surface area contributed by atoms with Gasteiger partial charge in [0.1, 0.15) is 0 Å². The molecule has 56 valence electrons. The Bertz CT molecular complexity index is 52.5. The van der Waals surface area contributed by atoms with Crippen LogP contribution in [0.15, 0.2) is 0 Å². The van der Waals surface area contributed by atoms with E-state index in [0.29, 0.717) is 0 Å². The summed E-state index contributed by atoms with van der Waals surface area (Å²) in [7, 11) is 0. The van der Waals surface area contributed by atoms with Crippen molar-refractivity contribution in [2.75, 3.05) is 6.54 Å². The molecule has 0 fully saturated rings. The fourth-order valence-corrected chi connectivity index (χ4v) is 0.961. The average molecular weight is 129 g/mol. The zero-order valence-corrected chi connectivity index (χ0v) is 6.91. The third-order valence-electron chi connectivity index (χ3n) is 1.54. The van der Waals surface area contributed by atoms with E-state index in [0.717, 1.165) is 12.6 Å². The average Bonchev–Trinajstić information content (AvgIpc) is 1.85. The standard InChI is InChI=1S/C8H19N/c1-4-6-7-8(3)9-5-2/h8-9H,4-7H2,1-3H3. The minimum Gasteiger partial charge on any atom is -0.315 e. The Kier molecular flexibility index (Phi) is 6.06. The molecule has 9 heavy (non-hydrogen) atoms. The quantitative estimate of drug-likeness (QED) is 0.600. The van der Waals surface area contributed by atoms with Gasteiger partial charge in [-0.2, -0.15) is 0 Å². The summed E-state index contributed by atoms with van der Waals surface area (Å²) in [6, 6.07) is 0.718. The maximum atomic E-state index is 3.38. The van der Waals surface area contributed by atoms with Crippen molar-refractivity contribution in [2.24, 2.45) is 0 Å². The summed E-state index contributed by atoms with van der Waals surface area (Å²) in [6.07, 6.45) is 3.99. The lowest BCUT2D eigenvalue weighted by Gasteiger charge is -2.09. The third-order valence-corrected chi connectivity index (χ3v) is 1.54. The van der Waals surface area contributed by atoms with Crippen molar-refractivity contribution in [2.45, 2.75) is 46.1 Å². The SMILES string of the molecule is CCCCC(C)NCC. The van der Waals surface area contributed by atoms with E-state index in [4.69, 9.17) is 0 Å². The second-order valence-corrected chi connectivity index (χ2v) is 2.60. The molecule has 0 spiro atoms. The zero-order valence-electron chi connectivity index (χ0n) is 6.91. The number of rotatable bonds is 5. The van der Waals surface area contributed by atoms with Crippen molar-refractivity contribution < 1.29 is 0 Å². The predicted molar refractivity (Wildman–Crippen MR) is 42.7 cm³/mol. The number of hydrogen-bond acceptors (Lipinski definition) is 1. The molecule has 0 heterocycles. The van der Waals surface area contributed by atoms with Crippen LogP contribution in [0.25, 0.3) is 0 Å². The van der Waals surface area contributed by atoms with Crippen LogP contribution in [0.1, 0.15) is 40.0 Å². The van der Waals surface area contributed by atoms with Crippen molar-refractivity contribution in [3.05, 3.63) is 0 Å². The lowest BCUT2D eigenvalue weighted by molar-refractivity contribution is 0.509. The first-order chi connectivity index (χ1) is 4.31. The Hall–Kier alpha value is -0.0400. The summed E-state index contributed by atoms with van der Waals surface area (Å²) < 4.78 is 0. The first-order valence-corrected chi connectivity index (χ1v) is 4.04. The molecule has 0 aromatic heterocycles. The Morgan fingerprint density at radius 2 is 2.00 bits per heavy atom. The van der Waals surface area contributed by atoms with Gasteiger partial charge in [-0.05, 0) is 19.9 Å². The van der Waals surface area contributed by atoms with Crippen LogP contribution < -0.4 is 5.32 Å². The molecule has 0 aliphatic carbocycles. The molecule has 0 aromatic carbocycles. The van der Waals surface area contributed by atoms with Gasteiger partial charge in [-0.1, -0.05) is 26.7 Å². The normalized spacial score (nSPS) is 13.7. The molecule has 1 nitrogen and oxygen atoms in total. The van der Waals surface area contributed by atoms with Crippen LogP contribution in [0.2, 0.25) is 0 Å². The van der Waals surface area contributed by atoms with E-state index in [2.05, 4.69) is 26.1 Å². The highest BCUT2D eigenvalue weighted by Gasteiger charge is 1.95. The molecule has 1 atom stereocenters. The molecule has 0 bridgehead atoms. The van der Waals surface area contributed by atoms with Gasteiger partial charge in [0.05, 0.1) is 0 Å². The molecule has 0 saturated carbocycles. The van der Waals surface area contributed by atoms with E-state index in [9.17, 15) is 0 Å². The molecule has 1 N–H and O–H groups in total. The molecular formula is C8H19N. The van der Waals surface area contributed by atoms with Crippen LogP contribution >= 0.6 is 0 Å². The summed E-state index contributed by atoms with van der Waals surface area (Å²) in [5.74, 6) is 0. The maximum Gasteiger partial charge on any atom is 0.00386 e. The van der Waals surface area contributed by atoms with Crippen LogP contribution in [0, 0.1) is 0 Å². The third kappa shape index (κ3) is 5.84. The van der Waals surface area contributed by atoms with Gasteiger partial charge in [0.2, 0.25) is 0 Å². The lowest BCUT2D eigenvalue weighted by Crippen LogP contribution is -2.25. The molecule has 0 radical (unpaired) electrons. The van der Waals surface area contributed by atoms with Crippen LogP contribution in [0.3, 0.4) is 0 Å². The largest absolute Gasteiger partial charge is 0.315 e. The van der Waals surface area contributed by atoms with Gasteiger partial charge in [0.25, 0.3) is 0 Å². The molecule has 1 unspecified atom stereocenters. The van der Waals surface area contributed by atoms with Crippen LogP contribution in [-0.4, -0.2) is 12.6 Å². The van der Waals surface area contributed by atoms with Gasteiger partial charge >= 0.3 is 0 Å². The van der Waals surface area contributed by atoms with Crippen LogP contribution in [-0.2, 0) is 0 Å². The minimum atomic E-state index is 0.718. The molecule has 1 heteroatoms. The highest BCUT2D eigenvalue weighted by atomic mass is 14.9. The molecule has 0 aromatic rings. The zero-order chi connectivity index (χ0) is 7.11. The van der Waals surface area contributed by atoms with Crippen LogP contribution in [0.4, 0.5) is 0 Å². The topological polar surface area (TPSA) is 12.0 Å². The van der Waals surface area contributed by atoms with Gasteiger partial charge in [0.15, 0.2) is 0 Å². The summed E-state index contributed by atoms with van der Waals surface area (Å²) in [6.45, 7) is 7.74. The highest BCUT2D eigenvalue weighted by Crippen LogP contribution is 1.98. The molecule has 0 aliphatic rings. The minimum absolute atomic E-state index is 0.718. The summed E-state index contributed by atoms with van der Waals surface area (Å²) in [5, 5.41) is 3.38. The Morgan fingerprint density at radius 3 is 2.44 bits per heavy atom. The number of unbranched alkanes of at least 4 members (excludes halogenated alkanes) is 1. The second kappa shape index (κ2) is 6.09. The van der Waals surface area contributed by atoms with E-state index >= 15 is 0 Å². The van der Waals surface area contributed by atoms with Gasteiger partial charge < -0.3 is 5.32 Å². The van der Waals surface area contributed by atoms with Crippen molar-refractivity contribution in [1.29, 1.82) is 0 Å². The highest BCUT2D eigenvalue weighted by molar-refractivity contribution is 4.57. The maximum absolute atomic E-state index is 3.38. The van der Waals surface area contributed by atoms with E-state index in [1.54, 1.807) is 0 Å². The number of hydrogen-bond donors (Lipinski definition) is 1. The van der Waals surface area contributed by atoms with Gasteiger partial charge in [-0.3, -0.25) is 0 Å². The lowest BCUT2D eigenvalue weighted by atomic mass is 10.1. The van der Waals surface area contributed by atoms with Crippen molar-refractivity contribution >= 4 is 0 Å². The van der Waals surface area contributed by atoms with Gasteiger partial charge in [-0.25, -0.2) is 0 Å². The molecule has 0 rings (SSSR count). The van der Waals surface area contributed by atoms with Crippen molar-refractivity contribution in [1.82, 2.24) is 5.32 Å². The predicted octanol–water partition coefficient (Wildman–Crippen LogP) is 2.17. The number of nitrogens with one attached hydrogen (secondary N) is 1. The smallest absolute Gasteiger partial charge is 0.00386 e. The molecule has 0 aliphatic heterocycles. The fraction of sp³-hybridized carbons (Fsp3) is 1.00. The van der Waals surface area contributed by atoms with Crippen LogP contribution in [0.5, 0.6) is 0 Å². The van der Waals surface area contributed by atoms with E-state index in [1.807, 2.05) is 0 Å². The molecule has 0 amide bonds. The van der Waals surface area contributed by atoms with Crippen molar-refractivity contribution in [3.8, 4) is 0 Å². The monoisotopic (exact) mass is 129 g/mol. The summed E-state index contributed by atoms with van der Waals surface area (Å²) in [4.78, 5) is 0. The Labute approximate surface area is 58.8 Å². The molecular weight excluding hydrogens is 110 g/mol. The Morgan fingerprint density at radius 1 is 1.33 bits per heavy atom. The van der Waals surface area contributed by atoms with Gasteiger partial charge in [0, 0.05) is 6.04 Å². The van der Waals surface area contributed by atoms with E-state index in [-0.39, 0.29) is 0 Å². The summed E-state index contributed by atoms with van der Waals surface area (Å²) >= 11 is 0. The van der Waals surface area contributed by atoms with E-state index in [1.165, 1.54) is 19.3 Å². The fourth-order valence-electron chi connectivity index (χ4n) is 0.961. The van der Waals surface area contributed by atoms with E-state index < -0.39 is 0 Å². The van der Waals surface area contributed by atoms with Gasteiger partial charge in [-0.15, -0.1) is 0 Å². The molecule has 0 saturated heterocycles. The first kappa shape index (κ1) is 8.96. The van der Waals surface area contributed by atoms with Crippen molar-refractivity contribution in [3.63, 3.8) is 0 Å². The first-order valence-electron chi connectivity index (χ1n) is 4.04. The second-order valence-electron chi connectivity index (χ2n) is 2.60. The summed E-state index contributed by atoms with van der Waals surface area (Å²) in [5.41, 5.74) is 0. The Balaban J connectivity index is 2.95.